The summed E-state index contributed by atoms with van der Waals surface area (Å²) in [6.07, 6.45) is 4.44. The maximum absolute atomic E-state index is 4.57. The summed E-state index contributed by atoms with van der Waals surface area (Å²) in [5.41, 5.74) is 4.92. The van der Waals surface area contributed by atoms with Crippen molar-refractivity contribution in [2.75, 3.05) is 0 Å². The van der Waals surface area contributed by atoms with Gasteiger partial charge in [-0.05, 0) is 44.9 Å². The van der Waals surface area contributed by atoms with Crippen LogP contribution in [0, 0.1) is 13.8 Å². The molecule has 3 aromatic rings. The number of aromatic nitrogens is 4. The molecule has 126 valence electrons. The van der Waals surface area contributed by atoms with Gasteiger partial charge in [-0.1, -0.05) is 0 Å². The van der Waals surface area contributed by atoms with Crippen molar-refractivity contribution in [3.05, 3.63) is 46.2 Å². The predicted octanol–water partition coefficient (Wildman–Crippen LogP) is 3.65. The summed E-state index contributed by atoms with van der Waals surface area (Å²) < 4.78 is 2.00. The van der Waals surface area contributed by atoms with Crippen molar-refractivity contribution in [1.82, 2.24) is 24.9 Å². The molecule has 0 radical (unpaired) electrons. The molecule has 1 aliphatic carbocycles. The van der Waals surface area contributed by atoms with Crippen molar-refractivity contribution >= 4 is 11.3 Å². The molecule has 0 unspecified atom stereocenters. The monoisotopic (exact) mass is 341 g/mol. The van der Waals surface area contributed by atoms with Crippen LogP contribution in [0.2, 0.25) is 0 Å². The van der Waals surface area contributed by atoms with Crippen LogP contribution in [-0.4, -0.2) is 30.9 Å². The van der Waals surface area contributed by atoms with Gasteiger partial charge in [0.05, 0.1) is 16.3 Å². The topological polar surface area (TPSA) is 49.7 Å². The van der Waals surface area contributed by atoms with Gasteiger partial charge >= 0.3 is 0 Å². The van der Waals surface area contributed by atoms with Crippen LogP contribution in [0.1, 0.15) is 34.7 Å². The van der Waals surface area contributed by atoms with E-state index in [1.807, 2.05) is 29.1 Å². The number of hydrogen-bond acceptors (Lipinski definition) is 4. The fourth-order valence-corrected chi connectivity index (χ4v) is 4.21. The highest BCUT2D eigenvalue weighted by Gasteiger charge is 2.30. The van der Waals surface area contributed by atoms with Gasteiger partial charge in [0.1, 0.15) is 0 Å². The van der Waals surface area contributed by atoms with E-state index in [2.05, 4.69) is 46.2 Å². The van der Waals surface area contributed by atoms with E-state index < -0.39 is 0 Å². The number of hydrogen-bond donors (Lipinski definition) is 1. The summed E-state index contributed by atoms with van der Waals surface area (Å²) in [4.78, 5) is 5.28. The molecule has 24 heavy (non-hydrogen) atoms. The molecule has 6 heteroatoms. The zero-order valence-corrected chi connectivity index (χ0v) is 15.2. The molecule has 1 aliphatic rings. The second-order valence-electron chi connectivity index (χ2n) is 6.65. The first-order valence-electron chi connectivity index (χ1n) is 8.43. The van der Waals surface area contributed by atoms with E-state index in [9.17, 15) is 0 Å². The van der Waals surface area contributed by atoms with E-state index in [1.165, 1.54) is 33.9 Å². The first kappa shape index (κ1) is 15.6. The number of thiophene rings is 1. The van der Waals surface area contributed by atoms with Crippen LogP contribution >= 0.6 is 11.3 Å². The lowest BCUT2D eigenvalue weighted by molar-refractivity contribution is 0.247. The smallest absolute Gasteiger partial charge is 0.0749 e. The SMILES string of the molecule is Cc1nn(C)c(C)c1CN(Cc1ccc(-c2ccn[nH]2)s1)C1CC1. The molecule has 1 N–H and O–H groups in total. The van der Waals surface area contributed by atoms with Crippen LogP contribution in [0.5, 0.6) is 0 Å². The number of nitrogens with zero attached hydrogens (tertiary/aromatic N) is 4. The Bertz CT molecular complexity index is 826. The zero-order valence-electron chi connectivity index (χ0n) is 14.4. The first-order chi connectivity index (χ1) is 11.6. The number of nitrogens with one attached hydrogen (secondary N) is 1. The quantitative estimate of drug-likeness (QED) is 0.744. The third-order valence-electron chi connectivity index (χ3n) is 4.87. The molecule has 0 atom stereocenters. The Morgan fingerprint density at radius 2 is 2.08 bits per heavy atom. The van der Waals surface area contributed by atoms with E-state index in [4.69, 9.17) is 0 Å². The van der Waals surface area contributed by atoms with Crippen molar-refractivity contribution in [1.29, 1.82) is 0 Å². The number of H-pyrrole nitrogens is 1. The summed E-state index contributed by atoms with van der Waals surface area (Å²) in [6, 6.07) is 7.19. The molecule has 0 amide bonds. The van der Waals surface area contributed by atoms with E-state index in [0.29, 0.717) is 0 Å². The minimum atomic E-state index is 0.724. The lowest BCUT2D eigenvalue weighted by atomic mass is 10.2. The van der Waals surface area contributed by atoms with Crippen LogP contribution in [0.3, 0.4) is 0 Å². The molecule has 3 heterocycles. The fourth-order valence-electron chi connectivity index (χ4n) is 3.20. The fraction of sp³-hybridized carbons (Fsp3) is 0.444. The van der Waals surface area contributed by atoms with Gasteiger partial charge in [0, 0.05) is 48.5 Å². The van der Waals surface area contributed by atoms with Gasteiger partial charge in [-0.15, -0.1) is 11.3 Å². The molecule has 5 nitrogen and oxygen atoms in total. The van der Waals surface area contributed by atoms with Crippen LogP contribution in [0.4, 0.5) is 0 Å². The number of rotatable bonds is 6. The molecular weight excluding hydrogens is 318 g/mol. The minimum Gasteiger partial charge on any atom is -0.291 e. The van der Waals surface area contributed by atoms with Gasteiger partial charge in [0.2, 0.25) is 0 Å². The molecule has 3 aromatic heterocycles. The van der Waals surface area contributed by atoms with Crippen molar-refractivity contribution in [3.63, 3.8) is 0 Å². The molecule has 0 saturated heterocycles. The summed E-state index contributed by atoms with van der Waals surface area (Å²) in [6.45, 7) is 6.29. The summed E-state index contributed by atoms with van der Waals surface area (Å²) in [7, 11) is 2.03. The molecule has 4 rings (SSSR count). The van der Waals surface area contributed by atoms with Crippen molar-refractivity contribution in [2.24, 2.45) is 7.05 Å². The van der Waals surface area contributed by atoms with Crippen LogP contribution in [-0.2, 0) is 20.1 Å². The standard InChI is InChI=1S/C18H23N5S/c1-12-16(13(2)22(3)21-12)11-23(14-4-5-14)10-15-6-7-18(24-15)17-8-9-19-20-17/h6-9,14H,4-5,10-11H2,1-3H3,(H,19,20). The molecule has 0 bridgehead atoms. The Hall–Kier alpha value is -1.92. The molecule has 1 fully saturated rings. The Morgan fingerprint density at radius 3 is 2.71 bits per heavy atom. The van der Waals surface area contributed by atoms with Crippen LogP contribution in [0.25, 0.3) is 10.6 Å². The summed E-state index contributed by atoms with van der Waals surface area (Å²) in [5, 5.41) is 11.7. The first-order valence-corrected chi connectivity index (χ1v) is 9.25. The van der Waals surface area contributed by atoms with E-state index in [-0.39, 0.29) is 0 Å². The highest BCUT2D eigenvalue weighted by atomic mass is 32.1. The average Bonchev–Trinajstić information content (AvgIpc) is 2.98. The highest BCUT2D eigenvalue weighted by Crippen LogP contribution is 2.33. The summed E-state index contributed by atoms with van der Waals surface area (Å²) in [5.74, 6) is 0. The van der Waals surface area contributed by atoms with Crippen molar-refractivity contribution in [3.8, 4) is 10.6 Å². The highest BCUT2D eigenvalue weighted by molar-refractivity contribution is 7.15. The largest absolute Gasteiger partial charge is 0.291 e. The zero-order chi connectivity index (χ0) is 16.7. The van der Waals surface area contributed by atoms with Gasteiger partial charge in [-0.3, -0.25) is 14.7 Å². The second kappa shape index (κ2) is 6.18. The maximum atomic E-state index is 4.57. The van der Waals surface area contributed by atoms with Crippen LogP contribution in [0.15, 0.2) is 24.4 Å². The van der Waals surface area contributed by atoms with Gasteiger partial charge in [0.15, 0.2) is 0 Å². The number of aryl methyl sites for hydroxylation is 2. The van der Waals surface area contributed by atoms with E-state index in [0.717, 1.165) is 30.5 Å². The Kier molecular flexibility index (Phi) is 4.02. The Morgan fingerprint density at radius 1 is 1.25 bits per heavy atom. The van der Waals surface area contributed by atoms with Gasteiger partial charge in [-0.25, -0.2) is 0 Å². The maximum Gasteiger partial charge on any atom is 0.0749 e. The van der Waals surface area contributed by atoms with Crippen molar-refractivity contribution in [2.45, 2.75) is 45.8 Å². The van der Waals surface area contributed by atoms with Crippen molar-refractivity contribution < 1.29 is 0 Å². The Labute approximate surface area is 146 Å². The van der Waals surface area contributed by atoms with E-state index >= 15 is 0 Å². The molecule has 0 aromatic carbocycles. The van der Waals surface area contributed by atoms with E-state index in [1.54, 1.807) is 6.20 Å². The summed E-state index contributed by atoms with van der Waals surface area (Å²) >= 11 is 1.85. The van der Waals surface area contributed by atoms with Gasteiger partial charge < -0.3 is 0 Å². The third kappa shape index (κ3) is 3.03. The number of aromatic amines is 1. The lowest BCUT2D eigenvalue weighted by Crippen LogP contribution is -2.25. The second-order valence-corrected chi connectivity index (χ2v) is 7.81. The molecular formula is C18H23N5S. The van der Waals surface area contributed by atoms with Gasteiger partial charge in [0.25, 0.3) is 0 Å². The average molecular weight is 341 g/mol. The third-order valence-corrected chi connectivity index (χ3v) is 5.97. The molecule has 1 saturated carbocycles. The molecule has 0 spiro atoms. The molecule has 0 aliphatic heterocycles. The van der Waals surface area contributed by atoms with Crippen LogP contribution < -0.4 is 0 Å². The normalized spacial score (nSPS) is 14.7. The predicted molar refractivity (Wildman–Crippen MR) is 96.9 cm³/mol. The Balaban J connectivity index is 1.52. The minimum absolute atomic E-state index is 0.724. The van der Waals surface area contributed by atoms with Gasteiger partial charge in [-0.2, -0.15) is 10.2 Å². The lowest BCUT2D eigenvalue weighted by Gasteiger charge is -2.21.